The number of nitrogens with one attached hydrogen (secondary N) is 7. The quantitative estimate of drug-likeness (QED) is 0.0442. The van der Waals surface area contributed by atoms with Gasteiger partial charge in [0.2, 0.25) is 41.4 Å². The van der Waals surface area contributed by atoms with Crippen molar-refractivity contribution < 1.29 is 58.5 Å². The summed E-state index contributed by atoms with van der Waals surface area (Å²) >= 11 is 0. The van der Waals surface area contributed by atoms with Crippen molar-refractivity contribution in [1.29, 1.82) is 0 Å². The lowest BCUT2D eigenvalue weighted by Gasteiger charge is -2.27. The lowest BCUT2D eigenvalue weighted by molar-refractivity contribution is -0.143. The average Bonchev–Trinajstić information content (AvgIpc) is 3.64. The van der Waals surface area contributed by atoms with Crippen LogP contribution in [-0.2, 0) is 56.0 Å². The van der Waals surface area contributed by atoms with E-state index in [0.29, 0.717) is 22.0 Å². The molecule has 3 rings (SSSR count). The SMILES string of the molecule is CC(C)CC(N)C(=O)NC(CC(=O)O)C(=O)NC(Cc1ccccc1)C(=O)NC(CO)C(=O)NC(Cc1c[nH]c2ccccc12)C(=O)NC(CC(C)C)C(=O)NC(CCC(N)=O)C(=O)O. The van der Waals surface area contributed by atoms with E-state index in [1.807, 2.05) is 13.8 Å². The first-order chi connectivity index (χ1) is 30.7. The molecule has 0 saturated heterocycles. The van der Waals surface area contributed by atoms with Crippen LogP contribution in [0.5, 0.6) is 0 Å². The number of carboxylic acid groups (broad SMARTS) is 2. The minimum absolute atomic E-state index is 0.00436. The molecule has 0 radical (unpaired) electrons. The topological polar surface area (TPSA) is 354 Å². The van der Waals surface area contributed by atoms with E-state index >= 15 is 0 Å². The van der Waals surface area contributed by atoms with Gasteiger partial charge in [-0.25, -0.2) is 4.79 Å². The zero-order valence-electron chi connectivity index (χ0n) is 36.8. The Labute approximate surface area is 375 Å². The Morgan fingerprint density at radius 1 is 0.600 bits per heavy atom. The lowest BCUT2D eigenvalue weighted by Crippen LogP contribution is -2.61. The molecule has 0 saturated carbocycles. The summed E-state index contributed by atoms with van der Waals surface area (Å²) in [5.74, 6) is -9.50. The van der Waals surface area contributed by atoms with Crippen LogP contribution in [0.15, 0.2) is 60.8 Å². The van der Waals surface area contributed by atoms with Crippen molar-refractivity contribution in [3.63, 3.8) is 0 Å². The fourth-order valence-corrected chi connectivity index (χ4v) is 6.87. The lowest BCUT2D eigenvalue weighted by atomic mass is 10.00. The Bertz CT molecular complexity index is 2140. The number of rotatable bonds is 27. The molecule has 3 aromatic rings. The molecule has 0 aliphatic carbocycles. The highest BCUT2D eigenvalue weighted by molar-refractivity contribution is 5.98. The first-order valence-electron chi connectivity index (χ1n) is 21.2. The number of aliphatic hydroxyl groups excluding tert-OH is 1. The summed E-state index contributed by atoms with van der Waals surface area (Å²) in [6, 6.07) is 5.19. The van der Waals surface area contributed by atoms with E-state index in [1.165, 1.54) is 0 Å². The van der Waals surface area contributed by atoms with Crippen LogP contribution in [0, 0.1) is 11.8 Å². The minimum Gasteiger partial charge on any atom is -0.481 e. The second kappa shape index (κ2) is 25.4. The van der Waals surface area contributed by atoms with E-state index in [9.17, 15) is 58.5 Å². The molecule has 0 aliphatic rings. The van der Waals surface area contributed by atoms with Gasteiger partial charge in [-0.05, 0) is 48.3 Å². The number of nitrogens with two attached hydrogens (primary N) is 2. The Morgan fingerprint density at radius 3 is 1.66 bits per heavy atom. The van der Waals surface area contributed by atoms with Gasteiger partial charge in [0.25, 0.3) is 0 Å². The predicted molar refractivity (Wildman–Crippen MR) is 236 cm³/mol. The van der Waals surface area contributed by atoms with Crippen LogP contribution >= 0.6 is 0 Å². The van der Waals surface area contributed by atoms with Crippen LogP contribution in [0.2, 0.25) is 0 Å². The third-order valence-electron chi connectivity index (χ3n) is 10.2. The number of primary amides is 1. The predicted octanol–water partition coefficient (Wildman–Crippen LogP) is -0.901. The smallest absolute Gasteiger partial charge is 0.326 e. The van der Waals surface area contributed by atoms with Gasteiger partial charge in [-0.2, -0.15) is 0 Å². The first kappa shape index (κ1) is 52.5. The van der Waals surface area contributed by atoms with Gasteiger partial charge in [0.15, 0.2) is 0 Å². The summed E-state index contributed by atoms with van der Waals surface area (Å²) in [7, 11) is 0. The minimum atomic E-state index is -1.74. The molecule has 0 bridgehead atoms. The average molecular weight is 908 g/mol. The number of aromatic amines is 1. The highest BCUT2D eigenvalue weighted by atomic mass is 16.4. The van der Waals surface area contributed by atoms with Crippen molar-refractivity contribution in [2.24, 2.45) is 23.3 Å². The third-order valence-corrected chi connectivity index (χ3v) is 10.2. The number of carbonyl (C=O) groups excluding carboxylic acids is 7. The summed E-state index contributed by atoms with van der Waals surface area (Å²) in [6.45, 7) is 6.16. The zero-order chi connectivity index (χ0) is 48.4. The molecular weight excluding hydrogens is 847 g/mol. The Kier molecular flexibility index (Phi) is 20.5. The maximum absolute atomic E-state index is 14.2. The van der Waals surface area contributed by atoms with Crippen molar-refractivity contribution in [2.75, 3.05) is 6.61 Å². The Balaban J connectivity index is 1.92. The van der Waals surface area contributed by atoms with Gasteiger partial charge in [0.05, 0.1) is 19.1 Å². The molecule has 2 aromatic carbocycles. The van der Waals surface area contributed by atoms with Gasteiger partial charge in [-0.1, -0.05) is 76.2 Å². The number of H-pyrrole nitrogens is 1. The summed E-state index contributed by atoms with van der Waals surface area (Å²) in [5, 5.41) is 45.1. The van der Waals surface area contributed by atoms with Gasteiger partial charge >= 0.3 is 11.9 Å². The van der Waals surface area contributed by atoms with Gasteiger partial charge in [0, 0.05) is 36.4 Å². The number of aromatic nitrogens is 1. The largest absolute Gasteiger partial charge is 0.481 e. The van der Waals surface area contributed by atoms with Crippen molar-refractivity contribution in [2.45, 2.75) is 115 Å². The number of fused-ring (bicyclic) bond motifs is 1. The van der Waals surface area contributed by atoms with Crippen molar-refractivity contribution >= 4 is 64.2 Å². The normalized spacial score (nSPS) is 14.5. The molecule has 354 valence electrons. The summed E-state index contributed by atoms with van der Waals surface area (Å²) < 4.78 is 0. The zero-order valence-corrected chi connectivity index (χ0v) is 36.8. The van der Waals surface area contributed by atoms with Crippen LogP contribution < -0.4 is 43.4 Å². The second-order valence-corrected chi connectivity index (χ2v) is 16.6. The van der Waals surface area contributed by atoms with Crippen LogP contribution in [0.4, 0.5) is 0 Å². The molecule has 7 amide bonds. The maximum atomic E-state index is 14.2. The standard InChI is InChI=1S/C44H61N9O12/c1-23(2)16-28(45)38(58)49-34(20-37(56)57)42(62)51-32(18-25-10-6-5-7-11-25)40(60)53-35(22-54)43(63)52-33(19-26-21-47-29-13-9-8-12-27(26)29)41(61)50-31(17-24(3)4)39(59)48-30(44(64)65)14-15-36(46)55/h5-13,21,23-24,28,30-35,47,54H,14-20,22,45H2,1-4H3,(H2,46,55)(H,48,59)(H,49,58)(H,50,61)(H,51,62)(H,52,63)(H,53,60)(H,56,57)(H,64,65). The fourth-order valence-electron chi connectivity index (χ4n) is 6.87. The molecule has 21 heteroatoms. The van der Waals surface area contributed by atoms with E-state index in [4.69, 9.17) is 11.5 Å². The van der Waals surface area contributed by atoms with Crippen LogP contribution in [-0.4, -0.2) is 122 Å². The first-order valence-corrected chi connectivity index (χ1v) is 21.2. The number of hydrogen-bond acceptors (Lipinski definition) is 11. The summed E-state index contributed by atoms with van der Waals surface area (Å²) in [4.78, 5) is 120. The molecule has 0 spiro atoms. The van der Waals surface area contributed by atoms with Crippen LogP contribution in [0.3, 0.4) is 0 Å². The van der Waals surface area contributed by atoms with Crippen molar-refractivity contribution in [1.82, 2.24) is 36.9 Å². The molecule has 0 aliphatic heterocycles. The number of hydrogen-bond donors (Lipinski definition) is 12. The van der Waals surface area contributed by atoms with E-state index in [0.717, 1.165) is 0 Å². The number of para-hydroxylation sites is 1. The molecule has 0 fully saturated rings. The third kappa shape index (κ3) is 17.3. The Morgan fingerprint density at radius 2 is 1.09 bits per heavy atom. The van der Waals surface area contributed by atoms with E-state index in [2.05, 4.69) is 36.9 Å². The summed E-state index contributed by atoms with van der Waals surface area (Å²) in [5.41, 5.74) is 13.0. The van der Waals surface area contributed by atoms with Gasteiger partial charge in [-0.15, -0.1) is 0 Å². The monoisotopic (exact) mass is 907 g/mol. The molecule has 7 atom stereocenters. The van der Waals surface area contributed by atoms with E-state index in [-0.39, 0.29) is 50.4 Å². The Hall–Kier alpha value is -6.87. The van der Waals surface area contributed by atoms with Gasteiger partial charge < -0.3 is 63.7 Å². The van der Waals surface area contributed by atoms with Crippen molar-refractivity contribution in [3.05, 3.63) is 71.9 Å². The highest BCUT2D eigenvalue weighted by Crippen LogP contribution is 2.20. The number of benzene rings is 2. The molecule has 1 heterocycles. The molecule has 65 heavy (non-hydrogen) atoms. The van der Waals surface area contributed by atoms with E-state index < -0.39 is 109 Å². The fraction of sp³-hybridized carbons (Fsp3) is 0.477. The maximum Gasteiger partial charge on any atom is 0.326 e. The second-order valence-electron chi connectivity index (χ2n) is 16.6. The number of aliphatic carboxylic acids is 2. The molecular formula is C44H61N9O12. The molecule has 7 unspecified atom stereocenters. The molecule has 21 nitrogen and oxygen atoms in total. The van der Waals surface area contributed by atoms with Crippen molar-refractivity contribution in [3.8, 4) is 0 Å². The number of carbonyl (C=O) groups is 9. The van der Waals surface area contributed by atoms with Gasteiger partial charge in [0.1, 0.15) is 36.3 Å². The van der Waals surface area contributed by atoms with Gasteiger partial charge in [-0.3, -0.25) is 38.4 Å². The number of amides is 7. The van der Waals surface area contributed by atoms with E-state index in [1.54, 1.807) is 74.6 Å². The van der Waals surface area contributed by atoms with Crippen LogP contribution in [0.1, 0.15) is 70.9 Å². The number of carboxylic acids is 2. The molecule has 14 N–H and O–H groups in total. The number of aliphatic hydroxyl groups is 1. The summed E-state index contributed by atoms with van der Waals surface area (Å²) in [6.07, 6.45) is 0.0134. The molecule has 1 aromatic heterocycles. The van der Waals surface area contributed by atoms with Crippen LogP contribution in [0.25, 0.3) is 10.9 Å². The highest BCUT2D eigenvalue weighted by Gasteiger charge is 2.35.